The Hall–Kier alpha value is -2.25. The summed E-state index contributed by atoms with van der Waals surface area (Å²) < 4.78 is 16.7. The smallest absolute Gasteiger partial charge is 0.374 e. The topological polar surface area (TPSA) is 88.0 Å². The van der Waals surface area contributed by atoms with Gasteiger partial charge in [-0.2, -0.15) is 0 Å². The largest absolute Gasteiger partial charge is 0.439 e. The maximum atomic E-state index is 12.2. The van der Waals surface area contributed by atoms with Crippen molar-refractivity contribution >= 4 is 18.1 Å². The van der Waals surface area contributed by atoms with Crippen molar-refractivity contribution in [2.45, 2.75) is 0 Å². The van der Waals surface area contributed by atoms with Crippen molar-refractivity contribution in [2.75, 3.05) is 25.2 Å². The molecule has 0 amide bonds. The maximum Gasteiger partial charge on any atom is 0.439 e. The Morgan fingerprint density at radius 1 is 1.50 bits per heavy atom. The summed E-state index contributed by atoms with van der Waals surface area (Å²) in [5, 5.41) is 7.36. The molecule has 6 nitrogen and oxygen atoms in total. The Kier molecular flexibility index (Phi) is 3.82. The number of rotatable bonds is 4. The fraction of sp³-hybridized carbons (Fsp3) is 0.231. The van der Waals surface area contributed by atoms with Crippen LogP contribution in [0.4, 0.5) is 5.69 Å². The predicted octanol–water partition coefficient (Wildman–Crippen LogP) is 1.32. The van der Waals surface area contributed by atoms with Crippen molar-refractivity contribution in [2.24, 2.45) is 0 Å². The molecule has 2 aromatic rings. The first-order valence-electron chi connectivity index (χ1n) is 5.85. The molecule has 0 saturated heterocycles. The third kappa shape index (κ3) is 3.01. The number of terminal acetylenes is 1. The highest BCUT2D eigenvalue weighted by molar-refractivity contribution is 7.70. The first-order chi connectivity index (χ1) is 9.41. The fourth-order valence-electron chi connectivity index (χ4n) is 1.71. The fourth-order valence-corrected chi connectivity index (χ4v) is 2.58. The van der Waals surface area contributed by atoms with Gasteiger partial charge in [-0.1, -0.05) is 11.1 Å². The highest BCUT2D eigenvalue weighted by Gasteiger charge is 2.16. The molecule has 0 saturated carbocycles. The van der Waals surface area contributed by atoms with Gasteiger partial charge in [0.1, 0.15) is 7.14 Å². The summed E-state index contributed by atoms with van der Waals surface area (Å²) in [7, 11) is -2.42. The minimum Gasteiger partial charge on any atom is -0.374 e. The van der Waals surface area contributed by atoms with Crippen LogP contribution in [-0.4, -0.2) is 30.0 Å². The Morgan fingerprint density at radius 2 is 2.25 bits per heavy atom. The van der Waals surface area contributed by atoms with Crippen LogP contribution in [0.15, 0.2) is 27.5 Å². The summed E-state index contributed by atoms with van der Waals surface area (Å²) in [6.45, 7) is 3.67. The second kappa shape index (κ2) is 5.40. The third-order valence-electron chi connectivity index (χ3n) is 2.70. The van der Waals surface area contributed by atoms with E-state index in [1.807, 2.05) is 0 Å². The zero-order chi connectivity index (χ0) is 14.8. The molecule has 1 aromatic carbocycles. The van der Waals surface area contributed by atoms with Crippen LogP contribution in [0.25, 0.3) is 11.4 Å². The molecular formula is C13H14N3O3P. The molecule has 1 aromatic heterocycles. The van der Waals surface area contributed by atoms with Gasteiger partial charge in [0.05, 0.1) is 6.54 Å². The van der Waals surface area contributed by atoms with Gasteiger partial charge >= 0.3 is 5.76 Å². The number of H-pyrrole nitrogens is 1. The highest BCUT2D eigenvalue weighted by atomic mass is 31.2. The van der Waals surface area contributed by atoms with Gasteiger partial charge in [-0.15, -0.1) is 6.42 Å². The van der Waals surface area contributed by atoms with Crippen LogP contribution in [0.3, 0.4) is 0 Å². The van der Waals surface area contributed by atoms with Crippen molar-refractivity contribution in [3.8, 4) is 23.7 Å². The van der Waals surface area contributed by atoms with Gasteiger partial charge in [-0.25, -0.2) is 4.79 Å². The van der Waals surface area contributed by atoms with E-state index < -0.39 is 12.9 Å². The monoisotopic (exact) mass is 291 g/mol. The van der Waals surface area contributed by atoms with E-state index in [0.29, 0.717) is 23.1 Å². The minimum atomic E-state index is -2.42. The Morgan fingerprint density at radius 3 is 2.80 bits per heavy atom. The number of hydrogen-bond donors (Lipinski definition) is 2. The van der Waals surface area contributed by atoms with Crippen molar-refractivity contribution < 1.29 is 9.09 Å². The van der Waals surface area contributed by atoms with Gasteiger partial charge in [0.25, 0.3) is 0 Å². The molecule has 2 rings (SSSR count). The lowest BCUT2D eigenvalue weighted by molar-refractivity contribution is 0.388. The maximum absolute atomic E-state index is 12.2. The lowest BCUT2D eigenvalue weighted by Gasteiger charge is -2.12. The minimum absolute atomic E-state index is 0.268. The molecule has 0 atom stereocenters. The first kappa shape index (κ1) is 14.2. The van der Waals surface area contributed by atoms with E-state index in [4.69, 9.17) is 6.42 Å². The summed E-state index contributed by atoms with van der Waals surface area (Å²) in [4.78, 5) is 13.6. The molecule has 20 heavy (non-hydrogen) atoms. The summed E-state index contributed by atoms with van der Waals surface area (Å²) in [5.74, 6) is 2.08. The number of nitrogens with one attached hydrogen (secondary N) is 2. The molecule has 0 aliphatic rings. The summed E-state index contributed by atoms with van der Waals surface area (Å²) >= 11 is 0. The van der Waals surface area contributed by atoms with Gasteiger partial charge in [0, 0.05) is 16.6 Å². The van der Waals surface area contributed by atoms with Crippen molar-refractivity contribution in [3.05, 3.63) is 28.7 Å². The number of benzene rings is 1. The molecular weight excluding hydrogens is 277 g/mol. The highest BCUT2D eigenvalue weighted by Crippen LogP contribution is 2.37. The van der Waals surface area contributed by atoms with Crippen LogP contribution in [0.2, 0.25) is 0 Å². The van der Waals surface area contributed by atoms with E-state index in [-0.39, 0.29) is 5.82 Å². The number of anilines is 1. The van der Waals surface area contributed by atoms with Gasteiger partial charge in [-0.05, 0) is 31.5 Å². The number of aromatic amines is 1. The molecule has 0 spiro atoms. The molecule has 0 unspecified atom stereocenters. The molecule has 0 bridgehead atoms. The summed E-state index contributed by atoms with van der Waals surface area (Å²) in [6.07, 6.45) is 5.22. The van der Waals surface area contributed by atoms with Crippen LogP contribution in [-0.2, 0) is 4.57 Å². The number of nitrogens with zero attached hydrogens (tertiary/aromatic N) is 1. The lowest BCUT2D eigenvalue weighted by Crippen LogP contribution is -2.08. The Bertz CT molecular complexity index is 764. The first-order valence-corrected chi connectivity index (χ1v) is 8.45. The predicted molar refractivity (Wildman–Crippen MR) is 79.0 cm³/mol. The zero-order valence-electron chi connectivity index (χ0n) is 11.1. The van der Waals surface area contributed by atoms with Crippen LogP contribution in [0.5, 0.6) is 0 Å². The lowest BCUT2D eigenvalue weighted by atomic mass is 10.1. The van der Waals surface area contributed by atoms with Crippen molar-refractivity contribution in [1.29, 1.82) is 0 Å². The van der Waals surface area contributed by atoms with E-state index in [1.54, 1.807) is 31.5 Å². The number of hydrogen-bond acceptors (Lipinski definition) is 5. The second-order valence-corrected chi connectivity index (χ2v) is 7.80. The van der Waals surface area contributed by atoms with E-state index in [0.717, 1.165) is 0 Å². The molecule has 7 heteroatoms. The molecule has 0 radical (unpaired) electrons. The van der Waals surface area contributed by atoms with E-state index in [9.17, 15) is 9.36 Å². The quantitative estimate of drug-likeness (QED) is 0.655. The normalized spacial score (nSPS) is 11.1. The SMILES string of the molecule is C#CCNc1ccc(P(C)(C)=O)cc1-c1noc(=O)[nH]1. The van der Waals surface area contributed by atoms with Crippen LogP contribution < -0.4 is 16.4 Å². The molecule has 0 fully saturated rings. The van der Waals surface area contributed by atoms with Gasteiger partial charge in [0.2, 0.25) is 0 Å². The third-order valence-corrected chi connectivity index (χ3v) is 4.22. The van der Waals surface area contributed by atoms with Crippen molar-refractivity contribution in [3.63, 3.8) is 0 Å². The molecule has 104 valence electrons. The van der Waals surface area contributed by atoms with E-state index in [2.05, 4.69) is 25.9 Å². The van der Waals surface area contributed by atoms with Gasteiger partial charge in [-0.3, -0.25) is 9.51 Å². The zero-order valence-corrected chi connectivity index (χ0v) is 12.0. The number of aromatic nitrogens is 2. The van der Waals surface area contributed by atoms with Crippen LogP contribution in [0, 0.1) is 12.3 Å². The Labute approximate surface area is 115 Å². The molecule has 0 aliphatic carbocycles. The van der Waals surface area contributed by atoms with Crippen LogP contribution in [0.1, 0.15) is 0 Å². The standard InChI is InChI=1S/C13H14N3O3P/c1-4-7-14-11-6-5-9(20(2,3)18)8-10(11)12-15-13(17)19-16-12/h1,5-6,8,14H,7H2,2-3H3,(H,15,16,17). The molecule has 2 N–H and O–H groups in total. The van der Waals surface area contributed by atoms with E-state index in [1.165, 1.54) is 0 Å². The van der Waals surface area contributed by atoms with Gasteiger partial charge < -0.3 is 9.88 Å². The van der Waals surface area contributed by atoms with E-state index >= 15 is 0 Å². The average molecular weight is 291 g/mol. The van der Waals surface area contributed by atoms with Crippen LogP contribution >= 0.6 is 7.14 Å². The summed E-state index contributed by atoms with van der Waals surface area (Å²) in [5.41, 5.74) is 1.28. The molecule has 0 aliphatic heterocycles. The van der Waals surface area contributed by atoms with Gasteiger partial charge in [0.15, 0.2) is 5.82 Å². The Balaban J connectivity index is 2.57. The second-order valence-electron chi connectivity index (χ2n) is 4.58. The van der Waals surface area contributed by atoms with Crippen molar-refractivity contribution in [1.82, 2.24) is 10.1 Å². The average Bonchev–Trinajstić information content (AvgIpc) is 2.81. The summed E-state index contributed by atoms with van der Waals surface area (Å²) in [6, 6.07) is 5.24. The molecule has 1 heterocycles.